The van der Waals surface area contributed by atoms with Gasteiger partial charge in [0.2, 0.25) is 0 Å². The van der Waals surface area contributed by atoms with Crippen LogP contribution in [0.15, 0.2) is 54.9 Å². The average Bonchev–Trinajstić information content (AvgIpc) is 2.95. The van der Waals surface area contributed by atoms with Gasteiger partial charge < -0.3 is 5.11 Å². The first kappa shape index (κ1) is 13.9. The lowest BCUT2D eigenvalue weighted by Gasteiger charge is -2.05. The number of rotatable bonds is 2. The van der Waals surface area contributed by atoms with E-state index in [2.05, 4.69) is 35.1 Å². The fraction of sp³-hybridized carbons (Fsp3) is 0.200. The number of hydrogen-bond donors (Lipinski definition) is 1. The van der Waals surface area contributed by atoms with Crippen LogP contribution in [0.5, 0.6) is 5.75 Å². The van der Waals surface area contributed by atoms with E-state index in [-0.39, 0.29) is 5.75 Å². The normalized spacial score (nSPS) is 16.3. The summed E-state index contributed by atoms with van der Waals surface area (Å²) in [5.41, 5.74) is 5.92. The minimum atomic E-state index is 0.263. The third-order valence-corrected chi connectivity index (χ3v) is 4.45. The summed E-state index contributed by atoms with van der Waals surface area (Å²) in [6.45, 7) is 2.29. The molecule has 0 saturated heterocycles. The Bertz CT molecular complexity index is 839. The van der Waals surface area contributed by atoms with Crippen LogP contribution in [0, 0.1) is 5.92 Å². The molecule has 3 aromatic rings. The van der Waals surface area contributed by atoms with E-state index in [1.54, 1.807) is 12.1 Å². The Morgan fingerprint density at radius 3 is 2.22 bits per heavy atom. The van der Waals surface area contributed by atoms with E-state index in [0.717, 1.165) is 34.9 Å². The molecule has 1 heterocycles. The fourth-order valence-corrected chi connectivity index (χ4v) is 3.26. The third kappa shape index (κ3) is 2.70. The average molecular weight is 302 g/mol. The Balaban J connectivity index is 1.64. The molecule has 4 rings (SSSR count). The quantitative estimate of drug-likeness (QED) is 0.769. The zero-order chi connectivity index (χ0) is 15.8. The Kier molecular flexibility index (Phi) is 3.34. The highest BCUT2D eigenvalue weighted by molar-refractivity contribution is 5.65. The second-order valence-electron chi connectivity index (χ2n) is 6.34. The van der Waals surface area contributed by atoms with Crippen LogP contribution in [0.25, 0.3) is 22.5 Å². The van der Waals surface area contributed by atoms with Gasteiger partial charge in [-0.15, -0.1) is 0 Å². The molecule has 0 amide bonds. The van der Waals surface area contributed by atoms with E-state index in [1.807, 2.05) is 24.5 Å². The van der Waals surface area contributed by atoms with Crippen molar-refractivity contribution in [1.82, 2.24) is 9.97 Å². The van der Waals surface area contributed by atoms with E-state index in [1.165, 1.54) is 17.5 Å². The number of nitrogens with zero attached hydrogens (tertiary/aromatic N) is 2. The van der Waals surface area contributed by atoms with Crippen LogP contribution >= 0.6 is 0 Å². The molecule has 0 fully saturated rings. The molecule has 3 nitrogen and oxygen atoms in total. The molecule has 114 valence electrons. The number of fused-ring (bicyclic) bond motifs is 1. The Hall–Kier alpha value is -2.68. The predicted molar refractivity (Wildman–Crippen MR) is 91.1 cm³/mol. The summed E-state index contributed by atoms with van der Waals surface area (Å²) in [5.74, 6) is 1.76. The molecule has 2 aromatic carbocycles. The van der Waals surface area contributed by atoms with E-state index < -0.39 is 0 Å². The first-order valence-electron chi connectivity index (χ1n) is 7.92. The zero-order valence-electron chi connectivity index (χ0n) is 13.0. The van der Waals surface area contributed by atoms with Gasteiger partial charge in [-0.1, -0.05) is 31.2 Å². The van der Waals surface area contributed by atoms with Gasteiger partial charge in [0, 0.05) is 23.5 Å². The molecule has 1 unspecified atom stereocenters. The fourth-order valence-electron chi connectivity index (χ4n) is 3.26. The van der Waals surface area contributed by atoms with Gasteiger partial charge in [-0.25, -0.2) is 9.97 Å². The lowest BCUT2D eigenvalue weighted by Crippen LogP contribution is -1.92. The van der Waals surface area contributed by atoms with Crippen LogP contribution < -0.4 is 0 Å². The van der Waals surface area contributed by atoms with Gasteiger partial charge in [-0.05, 0) is 53.6 Å². The highest BCUT2D eigenvalue weighted by atomic mass is 16.3. The van der Waals surface area contributed by atoms with Crippen LogP contribution in [0.3, 0.4) is 0 Å². The molecule has 1 aromatic heterocycles. The highest BCUT2D eigenvalue weighted by Gasteiger charge is 2.18. The molecule has 23 heavy (non-hydrogen) atoms. The summed E-state index contributed by atoms with van der Waals surface area (Å²) < 4.78 is 0. The minimum Gasteiger partial charge on any atom is -0.508 e. The Morgan fingerprint density at radius 2 is 1.48 bits per heavy atom. The topological polar surface area (TPSA) is 46.0 Å². The van der Waals surface area contributed by atoms with Crippen LogP contribution in [-0.4, -0.2) is 15.1 Å². The second-order valence-corrected chi connectivity index (χ2v) is 6.34. The number of phenolic OH excluding ortho intramolecular Hbond substituents is 1. The van der Waals surface area contributed by atoms with Crippen LogP contribution in [-0.2, 0) is 12.8 Å². The van der Waals surface area contributed by atoms with E-state index in [0.29, 0.717) is 0 Å². The van der Waals surface area contributed by atoms with Gasteiger partial charge in [-0.2, -0.15) is 0 Å². The maximum Gasteiger partial charge on any atom is 0.159 e. The number of phenols is 1. The molecule has 1 aliphatic carbocycles. The maximum atomic E-state index is 9.36. The first-order chi connectivity index (χ1) is 11.2. The van der Waals surface area contributed by atoms with Gasteiger partial charge in [0.1, 0.15) is 5.75 Å². The summed E-state index contributed by atoms with van der Waals surface area (Å²) in [7, 11) is 0. The van der Waals surface area contributed by atoms with E-state index in [9.17, 15) is 5.11 Å². The van der Waals surface area contributed by atoms with Gasteiger partial charge in [0.05, 0.1) is 0 Å². The van der Waals surface area contributed by atoms with Gasteiger partial charge in [0.15, 0.2) is 5.82 Å². The number of hydrogen-bond acceptors (Lipinski definition) is 3. The van der Waals surface area contributed by atoms with Crippen molar-refractivity contribution in [1.29, 1.82) is 0 Å². The summed E-state index contributed by atoms with van der Waals surface area (Å²) >= 11 is 0. The van der Waals surface area contributed by atoms with Crippen molar-refractivity contribution >= 4 is 0 Å². The van der Waals surface area contributed by atoms with Gasteiger partial charge in [-0.3, -0.25) is 0 Å². The molecule has 0 aliphatic heterocycles. The molecule has 1 N–H and O–H groups in total. The maximum absolute atomic E-state index is 9.36. The van der Waals surface area contributed by atoms with Crippen molar-refractivity contribution in [2.24, 2.45) is 5.92 Å². The van der Waals surface area contributed by atoms with E-state index >= 15 is 0 Å². The van der Waals surface area contributed by atoms with Crippen LogP contribution in [0.1, 0.15) is 18.1 Å². The number of aromatic hydroxyl groups is 1. The van der Waals surface area contributed by atoms with E-state index in [4.69, 9.17) is 0 Å². The third-order valence-electron chi connectivity index (χ3n) is 4.45. The van der Waals surface area contributed by atoms with Crippen LogP contribution in [0.4, 0.5) is 0 Å². The smallest absolute Gasteiger partial charge is 0.159 e. The molecule has 1 atom stereocenters. The number of aromatic nitrogens is 2. The van der Waals surface area contributed by atoms with Crippen molar-refractivity contribution in [3.63, 3.8) is 0 Å². The van der Waals surface area contributed by atoms with Gasteiger partial charge >= 0.3 is 0 Å². The van der Waals surface area contributed by atoms with Gasteiger partial charge in [0.25, 0.3) is 0 Å². The van der Waals surface area contributed by atoms with Crippen molar-refractivity contribution in [3.05, 3.63) is 66.0 Å². The number of benzene rings is 2. The summed E-state index contributed by atoms with van der Waals surface area (Å²) in [6, 6.07) is 13.6. The molecular formula is C20H18N2O. The first-order valence-corrected chi connectivity index (χ1v) is 7.92. The SMILES string of the molecule is CC1Cc2ccc(-c3ncc(-c4ccc(O)cc4)cn3)cc2C1. The second kappa shape index (κ2) is 5.51. The largest absolute Gasteiger partial charge is 0.508 e. The predicted octanol–water partition coefficient (Wildman–Crippen LogP) is 4.25. The summed E-state index contributed by atoms with van der Waals surface area (Å²) in [6.07, 6.45) is 6.00. The highest BCUT2D eigenvalue weighted by Crippen LogP contribution is 2.30. The molecular weight excluding hydrogens is 284 g/mol. The van der Waals surface area contributed by atoms with Crippen molar-refractivity contribution in [2.45, 2.75) is 19.8 Å². The Morgan fingerprint density at radius 1 is 0.826 bits per heavy atom. The monoisotopic (exact) mass is 302 g/mol. The molecule has 0 bridgehead atoms. The molecule has 0 saturated carbocycles. The standard InChI is InChI=1S/C20H18N2O/c1-13-8-15-2-3-16(10-17(15)9-13)20-21-11-18(12-22-20)14-4-6-19(23)7-5-14/h2-7,10-13,23H,8-9H2,1H3. The molecule has 0 radical (unpaired) electrons. The van der Waals surface area contributed by atoms with Crippen LogP contribution in [0.2, 0.25) is 0 Å². The molecule has 0 spiro atoms. The molecule has 3 heteroatoms. The van der Waals surface area contributed by atoms with Crippen molar-refractivity contribution < 1.29 is 5.11 Å². The lowest BCUT2D eigenvalue weighted by atomic mass is 10.1. The lowest BCUT2D eigenvalue weighted by molar-refractivity contribution is 0.475. The summed E-state index contributed by atoms with van der Waals surface area (Å²) in [5, 5.41) is 9.36. The van der Waals surface area contributed by atoms with Crippen molar-refractivity contribution in [2.75, 3.05) is 0 Å². The molecule has 1 aliphatic rings. The zero-order valence-corrected chi connectivity index (χ0v) is 13.0. The Labute approximate surface area is 135 Å². The minimum absolute atomic E-state index is 0.263. The summed E-state index contributed by atoms with van der Waals surface area (Å²) in [4.78, 5) is 9.04. The van der Waals surface area contributed by atoms with Crippen molar-refractivity contribution in [3.8, 4) is 28.3 Å².